The Kier molecular flexibility index (Phi) is 4.87. The molecular weight excluding hydrogens is 314 g/mol. The van der Waals surface area contributed by atoms with Crippen LogP contribution in [0.2, 0.25) is 5.02 Å². The number of halogens is 2. The van der Waals surface area contributed by atoms with E-state index in [2.05, 4.69) is 28.2 Å². The van der Waals surface area contributed by atoms with Crippen molar-refractivity contribution in [2.24, 2.45) is 0 Å². The van der Waals surface area contributed by atoms with Gasteiger partial charge in [-0.15, -0.1) is 0 Å². The Morgan fingerprint density at radius 1 is 1.39 bits per heavy atom. The largest absolute Gasteiger partial charge is 0.469 e. The quantitative estimate of drug-likeness (QED) is 0.868. The van der Waals surface area contributed by atoms with Crippen LogP contribution < -0.4 is 5.32 Å². The van der Waals surface area contributed by atoms with Crippen molar-refractivity contribution < 1.29 is 4.42 Å². The van der Waals surface area contributed by atoms with Crippen LogP contribution >= 0.6 is 27.5 Å². The first kappa shape index (κ1) is 13.7. The third kappa shape index (κ3) is 3.61. The minimum atomic E-state index is 0.223. The Morgan fingerprint density at radius 2 is 2.22 bits per heavy atom. The van der Waals surface area contributed by atoms with Gasteiger partial charge in [0.25, 0.3) is 0 Å². The minimum Gasteiger partial charge on any atom is -0.469 e. The lowest BCUT2D eigenvalue weighted by molar-refractivity contribution is 0.486. The predicted molar refractivity (Wildman–Crippen MR) is 78.0 cm³/mol. The first-order valence-corrected chi connectivity index (χ1v) is 7.04. The highest BCUT2D eigenvalue weighted by Gasteiger charge is 2.09. The number of hydrogen-bond acceptors (Lipinski definition) is 2. The summed E-state index contributed by atoms with van der Waals surface area (Å²) in [6.07, 6.45) is 2.58. The number of rotatable bonds is 5. The molecule has 0 saturated heterocycles. The highest BCUT2D eigenvalue weighted by Crippen LogP contribution is 2.26. The predicted octanol–water partition coefficient (Wildman–Crippen LogP) is 4.59. The Balaban J connectivity index is 1.89. The third-order valence-electron chi connectivity index (χ3n) is 2.83. The van der Waals surface area contributed by atoms with Crippen molar-refractivity contribution >= 4 is 27.5 Å². The molecular formula is C14H15BrClNO. The maximum absolute atomic E-state index is 6.21. The average Bonchev–Trinajstić information content (AvgIpc) is 2.81. The Bertz CT molecular complexity index is 499. The average molecular weight is 329 g/mol. The molecule has 2 rings (SSSR count). The fourth-order valence-corrected chi connectivity index (χ4v) is 2.67. The van der Waals surface area contributed by atoms with E-state index in [0.29, 0.717) is 0 Å². The molecule has 2 nitrogen and oxygen atoms in total. The second kappa shape index (κ2) is 6.41. The topological polar surface area (TPSA) is 25.2 Å². The zero-order chi connectivity index (χ0) is 13.0. The van der Waals surface area contributed by atoms with Gasteiger partial charge < -0.3 is 9.73 Å². The van der Waals surface area contributed by atoms with Gasteiger partial charge in [-0.1, -0.05) is 33.6 Å². The third-order valence-corrected chi connectivity index (χ3v) is 3.65. The maximum atomic E-state index is 6.21. The summed E-state index contributed by atoms with van der Waals surface area (Å²) in [4.78, 5) is 0. The van der Waals surface area contributed by atoms with Crippen LogP contribution in [0.3, 0.4) is 0 Å². The molecule has 1 aromatic heterocycles. The van der Waals surface area contributed by atoms with E-state index in [9.17, 15) is 0 Å². The maximum Gasteiger partial charge on any atom is 0.105 e. The molecule has 0 amide bonds. The number of benzene rings is 1. The molecule has 1 heterocycles. The molecule has 0 fully saturated rings. The number of nitrogens with one attached hydrogen (secondary N) is 1. The van der Waals surface area contributed by atoms with Crippen LogP contribution in [0.5, 0.6) is 0 Å². The molecule has 1 unspecified atom stereocenters. The molecule has 1 N–H and O–H groups in total. The van der Waals surface area contributed by atoms with Crippen molar-refractivity contribution in [3.63, 3.8) is 0 Å². The molecule has 0 aliphatic carbocycles. The Labute approximate surface area is 120 Å². The van der Waals surface area contributed by atoms with Crippen LogP contribution in [0.15, 0.2) is 45.5 Å². The van der Waals surface area contributed by atoms with Gasteiger partial charge in [-0.3, -0.25) is 0 Å². The molecule has 1 aromatic carbocycles. The van der Waals surface area contributed by atoms with Gasteiger partial charge >= 0.3 is 0 Å². The highest BCUT2D eigenvalue weighted by atomic mass is 79.9. The fourth-order valence-electron chi connectivity index (χ4n) is 1.83. The molecule has 2 aromatic rings. The smallest absolute Gasteiger partial charge is 0.105 e. The molecule has 0 aliphatic rings. The molecule has 0 radical (unpaired) electrons. The zero-order valence-corrected chi connectivity index (χ0v) is 12.5. The summed E-state index contributed by atoms with van der Waals surface area (Å²) >= 11 is 9.62. The van der Waals surface area contributed by atoms with E-state index in [4.69, 9.17) is 16.0 Å². The lowest BCUT2D eigenvalue weighted by Gasteiger charge is -2.15. The molecule has 1 atom stereocenters. The monoisotopic (exact) mass is 327 g/mol. The van der Waals surface area contributed by atoms with Crippen molar-refractivity contribution in [2.75, 3.05) is 6.54 Å². The van der Waals surface area contributed by atoms with E-state index >= 15 is 0 Å². The van der Waals surface area contributed by atoms with E-state index in [1.807, 2.05) is 30.3 Å². The summed E-state index contributed by atoms with van der Waals surface area (Å²) < 4.78 is 6.29. The van der Waals surface area contributed by atoms with Crippen LogP contribution in [-0.2, 0) is 6.42 Å². The van der Waals surface area contributed by atoms with Gasteiger partial charge in [0.15, 0.2) is 0 Å². The standard InChI is InChI=1S/C14H15BrClNO/c1-10(13-5-4-11(15)9-14(13)16)17-7-6-12-3-2-8-18-12/h2-5,8-10,17H,6-7H2,1H3. The van der Waals surface area contributed by atoms with Crippen molar-refractivity contribution in [3.05, 3.63) is 57.4 Å². The number of furan rings is 1. The van der Waals surface area contributed by atoms with E-state index in [0.717, 1.165) is 33.8 Å². The minimum absolute atomic E-state index is 0.223. The van der Waals surface area contributed by atoms with Gasteiger partial charge in [0.1, 0.15) is 5.76 Å². The second-order valence-corrected chi connectivity index (χ2v) is 5.49. The first-order valence-electron chi connectivity index (χ1n) is 5.87. The summed E-state index contributed by atoms with van der Waals surface area (Å²) in [7, 11) is 0. The van der Waals surface area contributed by atoms with Crippen LogP contribution in [0.25, 0.3) is 0 Å². The summed E-state index contributed by atoms with van der Waals surface area (Å²) in [5.41, 5.74) is 1.11. The van der Waals surface area contributed by atoms with E-state index in [1.54, 1.807) is 6.26 Å². The zero-order valence-electron chi connectivity index (χ0n) is 10.1. The van der Waals surface area contributed by atoms with Crippen LogP contribution in [0.4, 0.5) is 0 Å². The Hall–Kier alpha value is -0.770. The molecule has 96 valence electrons. The van der Waals surface area contributed by atoms with Crippen molar-refractivity contribution in [3.8, 4) is 0 Å². The van der Waals surface area contributed by atoms with Crippen LogP contribution in [0, 0.1) is 0 Å². The van der Waals surface area contributed by atoms with Gasteiger partial charge in [0.2, 0.25) is 0 Å². The Morgan fingerprint density at radius 3 is 2.89 bits per heavy atom. The molecule has 18 heavy (non-hydrogen) atoms. The second-order valence-electron chi connectivity index (χ2n) is 4.17. The van der Waals surface area contributed by atoms with Crippen molar-refractivity contribution in [2.45, 2.75) is 19.4 Å². The summed E-state index contributed by atoms with van der Waals surface area (Å²) in [6.45, 7) is 2.97. The van der Waals surface area contributed by atoms with Crippen LogP contribution in [0.1, 0.15) is 24.3 Å². The van der Waals surface area contributed by atoms with Gasteiger partial charge in [-0.05, 0) is 36.8 Å². The van der Waals surface area contributed by atoms with Gasteiger partial charge in [0, 0.05) is 28.5 Å². The van der Waals surface area contributed by atoms with E-state index in [-0.39, 0.29) is 6.04 Å². The van der Waals surface area contributed by atoms with Crippen molar-refractivity contribution in [1.82, 2.24) is 5.32 Å². The van der Waals surface area contributed by atoms with Gasteiger partial charge in [0.05, 0.1) is 6.26 Å². The van der Waals surface area contributed by atoms with E-state index in [1.165, 1.54) is 0 Å². The van der Waals surface area contributed by atoms with Gasteiger partial charge in [-0.2, -0.15) is 0 Å². The normalized spacial score (nSPS) is 12.6. The molecule has 0 saturated carbocycles. The summed E-state index contributed by atoms with van der Waals surface area (Å²) in [5, 5.41) is 4.22. The summed E-state index contributed by atoms with van der Waals surface area (Å²) in [6, 6.07) is 10.1. The molecule has 0 bridgehead atoms. The molecule has 0 aliphatic heterocycles. The van der Waals surface area contributed by atoms with E-state index < -0.39 is 0 Å². The van der Waals surface area contributed by atoms with Gasteiger partial charge in [-0.25, -0.2) is 0 Å². The SMILES string of the molecule is CC(NCCc1ccco1)c1ccc(Br)cc1Cl. The molecule has 4 heteroatoms. The lowest BCUT2D eigenvalue weighted by Crippen LogP contribution is -2.21. The molecule has 0 spiro atoms. The lowest BCUT2D eigenvalue weighted by atomic mass is 10.1. The fraction of sp³-hybridized carbons (Fsp3) is 0.286. The number of hydrogen-bond donors (Lipinski definition) is 1. The van der Waals surface area contributed by atoms with Crippen LogP contribution in [-0.4, -0.2) is 6.54 Å². The summed E-state index contributed by atoms with van der Waals surface area (Å²) in [5.74, 6) is 0.997. The first-order chi connectivity index (χ1) is 8.66. The van der Waals surface area contributed by atoms with Crippen molar-refractivity contribution in [1.29, 1.82) is 0 Å². The highest BCUT2D eigenvalue weighted by molar-refractivity contribution is 9.10.